The van der Waals surface area contributed by atoms with Gasteiger partial charge in [0.15, 0.2) is 11.5 Å². The van der Waals surface area contributed by atoms with Crippen LogP contribution in [0.1, 0.15) is 26.4 Å². The second kappa shape index (κ2) is 9.05. The standard InChI is InChI=1S/C23H22N2O6S2/c26-23(22-21-20(14-32-22)30-9-10-31-21)24-12-15-1-3-16(4-2-15)13-25-33(27,28)18-5-6-19-17(11-18)7-8-29-19/h1-6,11,14,25H,7-10,12-13H2,(H,24,26). The zero-order valence-corrected chi connectivity index (χ0v) is 19.3. The minimum atomic E-state index is -3.63. The van der Waals surface area contributed by atoms with E-state index in [0.717, 1.165) is 22.4 Å². The molecule has 0 atom stereocenters. The quantitative estimate of drug-likeness (QED) is 0.532. The average molecular weight is 487 g/mol. The fourth-order valence-electron chi connectivity index (χ4n) is 3.65. The van der Waals surface area contributed by atoms with E-state index >= 15 is 0 Å². The Labute approximate surface area is 195 Å². The van der Waals surface area contributed by atoms with Gasteiger partial charge in [-0.3, -0.25) is 4.79 Å². The van der Waals surface area contributed by atoms with Gasteiger partial charge in [-0.2, -0.15) is 0 Å². The molecule has 172 valence electrons. The number of hydrogen-bond donors (Lipinski definition) is 2. The van der Waals surface area contributed by atoms with Gasteiger partial charge >= 0.3 is 0 Å². The highest BCUT2D eigenvalue weighted by molar-refractivity contribution is 7.89. The number of benzene rings is 2. The number of ether oxygens (including phenoxy) is 3. The second-order valence-electron chi connectivity index (χ2n) is 7.65. The highest BCUT2D eigenvalue weighted by atomic mass is 32.2. The third kappa shape index (κ3) is 4.68. The maximum Gasteiger partial charge on any atom is 0.265 e. The summed E-state index contributed by atoms with van der Waals surface area (Å²) in [5, 5.41) is 4.66. The van der Waals surface area contributed by atoms with E-state index in [1.54, 1.807) is 23.6 Å². The van der Waals surface area contributed by atoms with Gasteiger partial charge in [0.05, 0.1) is 11.5 Å². The van der Waals surface area contributed by atoms with E-state index in [0.29, 0.717) is 49.2 Å². The first kappa shape index (κ1) is 21.7. The number of hydrogen-bond acceptors (Lipinski definition) is 7. The average Bonchev–Trinajstić information content (AvgIpc) is 3.48. The van der Waals surface area contributed by atoms with Crippen LogP contribution in [0, 0.1) is 0 Å². The van der Waals surface area contributed by atoms with Gasteiger partial charge in [-0.25, -0.2) is 13.1 Å². The number of sulfonamides is 1. The van der Waals surface area contributed by atoms with Crippen molar-refractivity contribution in [2.45, 2.75) is 24.4 Å². The molecule has 0 saturated heterocycles. The van der Waals surface area contributed by atoms with Crippen LogP contribution in [-0.2, 0) is 29.5 Å². The molecule has 2 aromatic carbocycles. The summed E-state index contributed by atoms with van der Waals surface area (Å²) in [5.41, 5.74) is 2.62. The van der Waals surface area contributed by atoms with Gasteiger partial charge in [0.1, 0.15) is 23.8 Å². The van der Waals surface area contributed by atoms with Crippen LogP contribution in [-0.4, -0.2) is 34.1 Å². The summed E-state index contributed by atoms with van der Waals surface area (Å²) in [4.78, 5) is 13.2. The summed E-state index contributed by atoms with van der Waals surface area (Å²) in [7, 11) is -3.63. The molecule has 1 aromatic heterocycles. The van der Waals surface area contributed by atoms with Gasteiger partial charge in [0.25, 0.3) is 5.91 Å². The second-order valence-corrected chi connectivity index (χ2v) is 10.3. The molecule has 8 nitrogen and oxygen atoms in total. The molecule has 10 heteroatoms. The fourth-order valence-corrected chi connectivity index (χ4v) is 5.56. The Morgan fingerprint density at radius 2 is 1.64 bits per heavy atom. The molecule has 0 spiro atoms. The van der Waals surface area contributed by atoms with E-state index in [2.05, 4.69) is 10.0 Å². The molecule has 0 saturated carbocycles. The van der Waals surface area contributed by atoms with Crippen LogP contribution in [0.15, 0.2) is 52.7 Å². The highest BCUT2D eigenvalue weighted by Crippen LogP contribution is 2.39. The summed E-state index contributed by atoms with van der Waals surface area (Å²) in [6, 6.07) is 12.3. The van der Waals surface area contributed by atoms with Gasteiger partial charge in [0.2, 0.25) is 10.0 Å². The van der Waals surface area contributed by atoms with Crippen molar-refractivity contribution in [1.29, 1.82) is 0 Å². The van der Waals surface area contributed by atoms with E-state index in [-0.39, 0.29) is 17.3 Å². The van der Waals surface area contributed by atoms with Crippen molar-refractivity contribution in [2.24, 2.45) is 0 Å². The summed E-state index contributed by atoms with van der Waals surface area (Å²) < 4.78 is 44.4. The van der Waals surface area contributed by atoms with E-state index in [4.69, 9.17) is 14.2 Å². The lowest BCUT2D eigenvalue weighted by Crippen LogP contribution is -2.24. The monoisotopic (exact) mass is 486 g/mol. The first-order valence-electron chi connectivity index (χ1n) is 10.5. The smallest absolute Gasteiger partial charge is 0.265 e. The third-order valence-corrected chi connectivity index (χ3v) is 7.76. The van der Waals surface area contributed by atoms with Crippen LogP contribution in [0.5, 0.6) is 17.2 Å². The van der Waals surface area contributed by atoms with E-state index < -0.39 is 10.0 Å². The maximum atomic E-state index is 12.6. The first-order chi connectivity index (χ1) is 16.0. The summed E-state index contributed by atoms with van der Waals surface area (Å²) in [6.45, 7) is 2.00. The van der Waals surface area contributed by atoms with Crippen LogP contribution in [0.25, 0.3) is 0 Å². The van der Waals surface area contributed by atoms with Crippen molar-refractivity contribution in [3.8, 4) is 17.2 Å². The zero-order valence-electron chi connectivity index (χ0n) is 17.6. The minimum Gasteiger partial charge on any atom is -0.493 e. The van der Waals surface area contributed by atoms with Crippen LogP contribution >= 0.6 is 11.3 Å². The third-order valence-electron chi connectivity index (χ3n) is 5.42. The molecular formula is C23H22N2O6S2. The van der Waals surface area contributed by atoms with Crippen LogP contribution in [0.3, 0.4) is 0 Å². The Hall–Kier alpha value is -3.08. The topological polar surface area (TPSA) is 103 Å². The maximum absolute atomic E-state index is 12.6. The number of rotatable bonds is 7. The Kier molecular flexibility index (Phi) is 5.96. The summed E-state index contributed by atoms with van der Waals surface area (Å²) >= 11 is 1.29. The molecule has 3 heterocycles. The normalized spacial score (nSPS) is 14.4. The van der Waals surface area contributed by atoms with Gasteiger partial charge in [0, 0.05) is 24.9 Å². The molecule has 2 aliphatic rings. The molecule has 1 amide bonds. The van der Waals surface area contributed by atoms with Crippen molar-refractivity contribution in [3.63, 3.8) is 0 Å². The van der Waals surface area contributed by atoms with E-state index in [9.17, 15) is 13.2 Å². The lowest BCUT2D eigenvalue weighted by molar-refractivity contribution is 0.0946. The van der Waals surface area contributed by atoms with Gasteiger partial charge in [-0.15, -0.1) is 11.3 Å². The number of carbonyl (C=O) groups is 1. The molecule has 3 aromatic rings. The molecule has 2 aliphatic heterocycles. The van der Waals surface area contributed by atoms with Crippen LogP contribution < -0.4 is 24.2 Å². The van der Waals surface area contributed by atoms with Gasteiger partial charge < -0.3 is 19.5 Å². The molecule has 0 aliphatic carbocycles. The minimum absolute atomic E-state index is 0.168. The summed E-state index contributed by atoms with van der Waals surface area (Å²) in [6.07, 6.45) is 0.715. The highest BCUT2D eigenvalue weighted by Gasteiger charge is 2.23. The van der Waals surface area contributed by atoms with E-state index in [1.807, 2.05) is 24.3 Å². The van der Waals surface area contributed by atoms with Crippen LogP contribution in [0.2, 0.25) is 0 Å². The Balaban J connectivity index is 1.16. The van der Waals surface area contributed by atoms with Crippen molar-refractivity contribution < 1.29 is 27.4 Å². The number of amides is 1. The lowest BCUT2D eigenvalue weighted by Gasteiger charge is -2.15. The van der Waals surface area contributed by atoms with Crippen LogP contribution in [0.4, 0.5) is 0 Å². The summed E-state index contributed by atoms with van der Waals surface area (Å²) in [5.74, 6) is 1.64. The molecule has 0 fully saturated rings. The molecule has 0 bridgehead atoms. The first-order valence-corrected chi connectivity index (χ1v) is 12.8. The largest absolute Gasteiger partial charge is 0.493 e. The predicted molar refractivity (Wildman–Crippen MR) is 123 cm³/mol. The van der Waals surface area contributed by atoms with E-state index in [1.165, 1.54) is 11.3 Å². The van der Waals surface area contributed by atoms with Gasteiger partial charge in [-0.1, -0.05) is 24.3 Å². The zero-order chi connectivity index (χ0) is 22.8. The van der Waals surface area contributed by atoms with Crippen molar-refractivity contribution in [1.82, 2.24) is 10.0 Å². The van der Waals surface area contributed by atoms with Gasteiger partial charge in [-0.05, 0) is 34.9 Å². The predicted octanol–water partition coefficient (Wildman–Crippen LogP) is 2.86. The molecule has 0 unspecified atom stereocenters. The molecule has 2 N–H and O–H groups in total. The number of carbonyl (C=O) groups excluding carboxylic acids is 1. The lowest BCUT2D eigenvalue weighted by atomic mass is 10.1. The molecule has 33 heavy (non-hydrogen) atoms. The number of fused-ring (bicyclic) bond motifs is 2. The van der Waals surface area contributed by atoms with Crippen molar-refractivity contribution in [2.75, 3.05) is 19.8 Å². The Morgan fingerprint density at radius 1 is 0.909 bits per heavy atom. The Morgan fingerprint density at radius 3 is 2.45 bits per heavy atom. The van der Waals surface area contributed by atoms with Crippen molar-refractivity contribution >= 4 is 27.3 Å². The number of thiophene rings is 1. The number of nitrogens with one attached hydrogen (secondary N) is 2. The SMILES string of the molecule is O=C(NCc1ccc(CNS(=O)(=O)c2ccc3c(c2)CCO3)cc1)c1scc2c1OCCO2. The molecular weight excluding hydrogens is 464 g/mol. The fraction of sp³-hybridized carbons (Fsp3) is 0.261. The van der Waals surface area contributed by atoms with Crippen molar-refractivity contribution in [3.05, 3.63) is 69.4 Å². The molecule has 0 radical (unpaired) electrons. The molecule has 5 rings (SSSR count). The Bertz CT molecular complexity index is 1280.